The Labute approximate surface area is 116 Å². The van der Waals surface area contributed by atoms with Gasteiger partial charge in [-0.2, -0.15) is 0 Å². The molecule has 19 heavy (non-hydrogen) atoms. The lowest BCUT2D eigenvalue weighted by atomic mass is 10.1. The van der Waals surface area contributed by atoms with E-state index in [0.29, 0.717) is 18.3 Å². The van der Waals surface area contributed by atoms with Gasteiger partial charge in [0.15, 0.2) is 11.5 Å². The fourth-order valence-corrected chi connectivity index (χ4v) is 2.09. The second kappa shape index (κ2) is 8.02. The van der Waals surface area contributed by atoms with Crippen LogP contribution in [0.15, 0.2) is 18.2 Å². The molecule has 1 aromatic carbocycles. The van der Waals surface area contributed by atoms with E-state index in [9.17, 15) is 5.11 Å². The molecule has 0 saturated carbocycles. The molecule has 0 bridgehead atoms. The van der Waals surface area contributed by atoms with Crippen LogP contribution in [-0.4, -0.2) is 42.8 Å². The van der Waals surface area contributed by atoms with Crippen molar-refractivity contribution in [2.45, 2.75) is 33.4 Å². The Balaban J connectivity index is 2.52. The van der Waals surface area contributed by atoms with Crippen LogP contribution in [0.4, 0.5) is 0 Å². The summed E-state index contributed by atoms with van der Waals surface area (Å²) in [6.45, 7) is 10.3. The van der Waals surface area contributed by atoms with Crippen LogP contribution in [-0.2, 0) is 6.54 Å². The smallest absolute Gasteiger partial charge is 0.162 e. The first kappa shape index (κ1) is 15.8. The maximum Gasteiger partial charge on any atom is 0.162 e. The Morgan fingerprint density at radius 3 is 2.58 bits per heavy atom. The van der Waals surface area contributed by atoms with Gasteiger partial charge in [-0.1, -0.05) is 26.0 Å². The molecule has 0 heterocycles. The van der Waals surface area contributed by atoms with Crippen molar-refractivity contribution in [1.29, 1.82) is 0 Å². The molecule has 4 heteroatoms. The van der Waals surface area contributed by atoms with Gasteiger partial charge in [-0.3, -0.25) is 0 Å². The van der Waals surface area contributed by atoms with Gasteiger partial charge in [0.1, 0.15) is 0 Å². The number of benzene rings is 1. The molecular weight excluding hydrogens is 240 g/mol. The van der Waals surface area contributed by atoms with Crippen molar-refractivity contribution in [3.05, 3.63) is 23.8 Å². The van der Waals surface area contributed by atoms with Crippen molar-refractivity contribution in [2.75, 3.05) is 26.7 Å². The Kier molecular flexibility index (Phi) is 6.67. The SMILES string of the molecule is CCN(CC)CC(C)NCc1cccc(OC)c1O. The minimum Gasteiger partial charge on any atom is -0.504 e. The number of ether oxygens (including phenoxy) is 1. The van der Waals surface area contributed by atoms with Gasteiger partial charge in [-0.25, -0.2) is 0 Å². The largest absolute Gasteiger partial charge is 0.504 e. The summed E-state index contributed by atoms with van der Waals surface area (Å²) in [6.07, 6.45) is 0. The Bertz CT molecular complexity index is 378. The lowest BCUT2D eigenvalue weighted by Gasteiger charge is -2.23. The van der Waals surface area contributed by atoms with Gasteiger partial charge >= 0.3 is 0 Å². The third-order valence-corrected chi connectivity index (χ3v) is 3.37. The molecule has 0 aromatic heterocycles. The van der Waals surface area contributed by atoms with Gasteiger partial charge in [0.05, 0.1) is 7.11 Å². The number of hydrogen-bond donors (Lipinski definition) is 2. The van der Waals surface area contributed by atoms with Crippen molar-refractivity contribution in [3.63, 3.8) is 0 Å². The second-order valence-corrected chi connectivity index (χ2v) is 4.74. The number of para-hydroxylation sites is 1. The number of rotatable bonds is 8. The predicted octanol–water partition coefficient (Wildman–Crippen LogP) is 2.22. The number of phenolic OH excluding ortho intramolecular Hbond substituents is 1. The van der Waals surface area contributed by atoms with Crippen LogP contribution in [0.2, 0.25) is 0 Å². The zero-order valence-electron chi connectivity index (χ0n) is 12.4. The quantitative estimate of drug-likeness (QED) is 0.757. The predicted molar refractivity (Wildman–Crippen MR) is 78.7 cm³/mol. The van der Waals surface area contributed by atoms with E-state index >= 15 is 0 Å². The summed E-state index contributed by atoms with van der Waals surface area (Å²) in [7, 11) is 1.56. The van der Waals surface area contributed by atoms with Gasteiger partial charge in [0, 0.05) is 24.7 Å². The number of likely N-dealkylation sites (N-methyl/N-ethyl adjacent to an activating group) is 1. The van der Waals surface area contributed by atoms with Crippen LogP contribution >= 0.6 is 0 Å². The molecule has 0 spiro atoms. The Hall–Kier alpha value is -1.26. The van der Waals surface area contributed by atoms with Crippen LogP contribution in [0, 0.1) is 0 Å². The molecule has 108 valence electrons. The van der Waals surface area contributed by atoms with E-state index in [1.54, 1.807) is 13.2 Å². The van der Waals surface area contributed by atoms with Crippen molar-refractivity contribution >= 4 is 0 Å². The lowest BCUT2D eigenvalue weighted by molar-refractivity contribution is 0.270. The molecule has 0 saturated heterocycles. The van der Waals surface area contributed by atoms with Crippen LogP contribution in [0.3, 0.4) is 0 Å². The number of phenols is 1. The summed E-state index contributed by atoms with van der Waals surface area (Å²) in [5.74, 6) is 0.753. The second-order valence-electron chi connectivity index (χ2n) is 4.74. The molecule has 0 radical (unpaired) electrons. The zero-order valence-corrected chi connectivity index (χ0v) is 12.4. The van der Waals surface area contributed by atoms with Gasteiger partial charge in [0.2, 0.25) is 0 Å². The van der Waals surface area contributed by atoms with Crippen molar-refractivity contribution in [3.8, 4) is 11.5 Å². The average molecular weight is 266 g/mol. The van der Waals surface area contributed by atoms with E-state index in [4.69, 9.17) is 4.74 Å². The number of hydrogen-bond acceptors (Lipinski definition) is 4. The monoisotopic (exact) mass is 266 g/mol. The number of nitrogens with zero attached hydrogens (tertiary/aromatic N) is 1. The van der Waals surface area contributed by atoms with Gasteiger partial charge < -0.3 is 20.1 Å². The van der Waals surface area contributed by atoms with Crippen LogP contribution in [0.5, 0.6) is 11.5 Å². The maximum atomic E-state index is 10.0. The summed E-state index contributed by atoms with van der Waals surface area (Å²) in [4.78, 5) is 2.38. The van der Waals surface area contributed by atoms with Crippen LogP contribution in [0.1, 0.15) is 26.3 Å². The highest BCUT2D eigenvalue weighted by molar-refractivity contribution is 5.45. The number of aromatic hydroxyl groups is 1. The van der Waals surface area contributed by atoms with E-state index in [-0.39, 0.29) is 5.75 Å². The lowest BCUT2D eigenvalue weighted by Crippen LogP contribution is -2.38. The third-order valence-electron chi connectivity index (χ3n) is 3.37. The molecule has 1 aromatic rings. The van der Waals surface area contributed by atoms with Crippen molar-refractivity contribution < 1.29 is 9.84 Å². The normalized spacial score (nSPS) is 12.7. The zero-order chi connectivity index (χ0) is 14.3. The standard InChI is InChI=1S/C15H26N2O2/c1-5-17(6-2)11-12(3)16-10-13-8-7-9-14(19-4)15(13)18/h7-9,12,16,18H,5-6,10-11H2,1-4H3. The molecule has 1 atom stereocenters. The molecule has 0 aliphatic rings. The summed E-state index contributed by atoms with van der Waals surface area (Å²) in [5, 5.41) is 13.4. The van der Waals surface area contributed by atoms with E-state index in [0.717, 1.165) is 25.2 Å². The molecular formula is C15H26N2O2. The van der Waals surface area contributed by atoms with E-state index in [1.807, 2.05) is 12.1 Å². The molecule has 0 amide bonds. The molecule has 0 fully saturated rings. The number of nitrogens with one attached hydrogen (secondary N) is 1. The fraction of sp³-hybridized carbons (Fsp3) is 0.600. The van der Waals surface area contributed by atoms with Gasteiger partial charge in [0.25, 0.3) is 0 Å². The fourth-order valence-electron chi connectivity index (χ4n) is 2.09. The molecule has 1 rings (SSSR count). The van der Waals surface area contributed by atoms with E-state index in [1.165, 1.54) is 0 Å². The van der Waals surface area contributed by atoms with Gasteiger partial charge in [-0.15, -0.1) is 0 Å². The highest BCUT2D eigenvalue weighted by atomic mass is 16.5. The maximum absolute atomic E-state index is 10.0. The molecule has 4 nitrogen and oxygen atoms in total. The van der Waals surface area contributed by atoms with Crippen LogP contribution in [0.25, 0.3) is 0 Å². The first-order valence-electron chi connectivity index (χ1n) is 6.92. The first-order valence-corrected chi connectivity index (χ1v) is 6.92. The molecule has 0 aliphatic carbocycles. The summed E-state index contributed by atoms with van der Waals surface area (Å²) >= 11 is 0. The van der Waals surface area contributed by atoms with Crippen LogP contribution < -0.4 is 10.1 Å². The Morgan fingerprint density at radius 1 is 1.32 bits per heavy atom. The van der Waals surface area contributed by atoms with Crippen molar-refractivity contribution in [2.24, 2.45) is 0 Å². The Morgan fingerprint density at radius 2 is 2.00 bits per heavy atom. The minimum absolute atomic E-state index is 0.229. The van der Waals surface area contributed by atoms with E-state index < -0.39 is 0 Å². The molecule has 2 N–H and O–H groups in total. The highest BCUT2D eigenvalue weighted by Gasteiger charge is 2.10. The molecule has 1 unspecified atom stereocenters. The topological polar surface area (TPSA) is 44.7 Å². The summed E-state index contributed by atoms with van der Waals surface area (Å²) in [5.41, 5.74) is 0.866. The third kappa shape index (κ3) is 4.73. The summed E-state index contributed by atoms with van der Waals surface area (Å²) in [6, 6.07) is 5.95. The van der Waals surface area contributed by atoms with Crippen molar-refractivity contribution in [1.82, 2.24) is 10.2 Å². The van der Waals surface area contributed by atoms with Gasteiger partial charge in [-0.05, 0) is 26.1 Å². The minimum atomic E-state index is 0.229. The first-order chi connectivity index (χ1) is 9.12. The van der Waals surface area contributed by atoms with E-state index in [2.05, 4.69) is 31.0 Å². The summed E-state index contributed by atoms with van der Waals surface area (Å²) < 4.78 is 5.11. The average Bonchev–Trinajstić information content (AvgIpc) is 2.43. The molecule has 0 aliphatic heterocycles. The number of methoxy groups -OCH3 is 1. The highest BCUT2D eigenvalue weighted by Crippen LogP contribution is 2.29.